The molecule has 1 aromatic heterocycles. The molecule has 26 heavy (non-hydrogen) atoms. The number of hydrogen-bond acceptors (Lipinski definition) is 6. The average Bonchev–Trinajstić information content (AvgIpc) is 3.16. The molecule has 1 aliphatic rings. The van der Waals surface area contributed by atoms with E-state index in [0.717, 1.165) is 22.6 Å². The number of thiazole rings is 1. The molecular formula is C19H14N2O3S2. The number of aromatic hydroxyl groups is 2. The SMILES string of the molecule is COc1ccc2c(c1)N=C/C2=C\c1sc(=S)n(-c2ccc(O)cc2)c1O. The molecule has 0 radical (unpaired) electrons. The fraction of sp³-hybridized carbons (Fsp3) is 0.0526. The molecule has 130 valence electrons. The van der Waals surface area contributed by atoms with Crippen molar-refractivity contribution in [3.8, 4) is 23.1 Å². The van der Waals surface area contributed by atoms with Gasteiger partial charge in [-0.25, -0.2) is 0 Å². The van der Waals surface area contributed by atoms with Crippen molar-refractivity contribution < 1.29 is 14.9 Å². The molecule has 5 nitrogen and oxygen atoms in total. The first kappa shape index (κ1) is 16.6. The van der Waals surface area contributed by atoms with Gasteiger partial charge in [-0.3, -0.25) is 9.56 Å². The van der Waals surface area contributed by atoms with Crippen molar-refractivity contribution in [2.24, 2.45) is 4.99 Å². The molecular weight excluding hydrogens is 368 g/mol. The highest BCUT2D eigenvalue weighted by Crippen LogP contribution is 2.38. The summed E-state index contributed by atoms with van der Waals surface area (Å²) in [6.07, 6.45) is 3.63. The first-order valence-corrected chi connectivity index (χ1v) is 8.97. The molecule has 7 heteroatoms. The summed E-state index contributed by atoms with van der Waals surface area (Å²) in [5, 5.41) is 20.1. The van der Waals surface area contributed by atoms with Crippen LogP contribution in [0, 0.1) is 3.95 Å². The molecule has 3 aromatic rings. The van der Waals surface area contributed by atoms with E-state index in [-0.39, 0.29) is 11.6 Å². The Hall–Kier alpha value is -2.90. The highest BCUT2D eigenvalue weighted by atomic mass is 32.1. The van der Waals surface area contributed by atoms with Gasteiger partial charge in [-0.1, -0.05) is 0 Å². The van der Waals surface area contributed by atoms with Gasteiger partial charge in [0.15, 0.2) is 3.95 Å². The van der Waals surface area contributed by atoms with Crippen molar-refractivity contribution in [1.82, 2.24) is 4.57 Å². The molecule has 2 N–H and O–H groups in total. The van der Waals surface area contributed by atoms with Gasteiger partial charge < -0.3 is 14.9 Å². The van der Waals surface area contributed by atoms with E-state index in [2.05, 4.69) is 4.99 Å². The minimum atomic E-state index is 0.0635. The second-order valence-electron chi connectivity index (χ2n) is 5.65. The van der Waals surface area contributed by atoms with Crippen molar-refractivity contribution >= 4 is 47.1 Å². The van der Waals surface area contributed by atoms with Gasteiger partial charge in [-0.15, -0.1) is 11.3 Å². The summed E-state index contributed by atoms with van der Waals surface area (Å²) in [6.45, 7) is 0. The summed E-state index contributed by atoms with van der Waals surface area (Å²) in [7, 11) is 1.62. The van der Waals surface area contributed by atoms with Crippen LogP contribution < -0.4 is 4.74 Å². The predicted octanol–water partition coefficient (Wildman–Crippen LogP) is 4.94. The van der Waals surface area contributed by atoms with Gasteiger partial charge in [-0.2, -0.15) is 0 Å². The number of phenolic OH excluding ortho intramolecular Hbond substituents is 1. The van der Waals surface area contributed by atoms with Crippen LogP contribution in [-0.4, -0.2) is 28.1 Å². The minimum Gasteiger partial charge on any atom is -0.508 e. The van der Waals surface area contributed by atoms with Gasteiger partial charge in [0.05, 0.1) is 23.4 Å². The number of benzene rings is 2. The standard InChI is InChI=1S/C19H14N2O3S2/c1-24-14-6-7-15-11(10-20-16(15)9-14)8-17-18(23)21(19(25)26-17)12-2-4-13(22)5-3-12/h2-10,22-23H,1H3/b11-8+. The number of hydrogen-bond donors (Lipinski definition) is 2. The maximum absolute atomic E-state index is 10.7. The maximum Gasteiger partial charge on any atom is 0.215 e. The molecule has 1 aliphatic heterocycles. The molecule has 4 rings (SSSR count). The van der Waals surface area contributed by atoms with E-state index in [9.17, 15) is 10.2 Å². The number of nitrogens with zero attached hydrogens (tertiary/aromatic N) is 2. The summed E-state index contributed by atoms with van der Waals surface area (Å²) in [4.78, 5) is 5.05. The van der Waals surface area contributed by atoms with Gasteiger partial charge in [0.1, 0.15) is 11.5 Å². The molecule has 2 aromatic carbocycles. The molecule has 0 atom stereocenters. The van der Waals surface area contributed by atoms with E-state index in [1.54, 1.807) is 42.2 Å². The highest BCUT2D eigenvalue weighted by molar-refractivity contribution is 7.73. The van der Waals surface area contributed by atoms with Gasteiger partial charge >= 0.3 is 0 Å². The van der Waals surface area contributed by atoms with Crippen LogP contribution >= 0.6 is 23.6 Å². The van der Waals surface area contributed by atoms with Crippen LogP contribution in [-0.2, 0) is 0 Å². The van der Waals surface area contributed by atoms with Gasteiger partial charge in [0.25, 0.3) is 0 Å². The fourth-order valence-corrected chi connectivity index (χ4v) is 4.06. The Balaban J connectivity index is 1.77. The van der Waals surface area contributed by atoms with Crippen molar-refractivity contribution in [3.05, 3.63) is 56.9 Å². The third-order valence-electron chi connectivity index (χ3n) is 4.07. The van der Waals surface area contributed by atoms with Crippen molar-refractivity contribution in [1.29, 1.82) is 0 Å². The van der Waals surface area contributed by atoms with E-state index < -0.39 is 0 Å². The molecule has 0 fully saturated rings. The Morgan fingerprint density at radius 3 is 2.65 bits per heavy atom. The number of phenols is 1. The van der Waals surface area contributed by atoms with E-state index in [0.29, 0.717) is 14.5 Å². The Morgan fingerprint density at radius 2 is 1.92 bits per heavy atom. The number of aliphatic imine (C=N–C) groups is 1. The van der Waals surface area contributed by atoms with Crippen molar-refractivity contribution in [3.63, 3.8) is 0 Å². The molecule has 0 aliphatic carbocycles. The molecule has 0 saturated carbocycles. The lowest BCUT2D eigenvalue weighted by Gasteiger charge is -2.05. The molecule has 0 unspecified atom stereocenters. The lowest BCUT2D eigenvalue weighted by molar-refractivity contribution is 0.415. The largest absolute Gasteiger partial charge is 0.508 e. The zero-order chi connectivity index (χ0) is 18.3. The van der Waals surface area contributed by atoms with Crippen LogP contribution in [0.15, 0.2) is 47.5 Å². The quantitative estimate of drug-likeness (QED) is 0.630. The lowest BCUT2D eigenvalue weighted by Crippen LogP contribution is -1.92. The lowest BCUT2D eigenvalue weighted by atomic mass is 10.1. The van der Waals surface area contributed by atoms with Crippen molar-refractivity contribution in [2.75, 3.05) is 7.11 Å². The topological polar surface area (TPSA) is 67.0 Å². The molecule has 0 bridgehead atoms. The predicted molar refractivity (Wildman–Crippen MR) is 107 cm³/mol. The average molecular weight is 382 g/mol. The summed E-state index contributed by atoms with van der Waals surface area (Å²) >= 11 is 6.72. The summed E-state index contributed by atoms with van der Waals surface area (Å²) in [5.74, 6) is 0.972. The zero-order valence-electron chi connectivity index (χ0n) is 13.7. The highest BCUT2D eigenvalue weighted by Gasteiger charge is 2.17. The second kappa shape index (κ2) is 6.44. The monoisotopic (exact) mass is 382 g/mol. The van der Waals surface area contributed by atoms with Crippen LogP contribution in [0.3, 0.4) is 0 Å². The molecule has 0 saturated heterocycles. The van der Waals surface area contributed by atoms with Crippen LogP contribution in [0.1, 0.15) is 10.4 Å². The van der Waals surface area contributed by atoms with Gasteiger partial charge in [-0.05, 0) is 54.7 Å². The Kier molecular flexibility index (Phi) is 4.10. The van der Waals surface area contributed by atoms with E-state index in [4.69, 9.17) is 17.0 Å². The number of allylic oxidation sites excluding steroid dienone is 1. The van der Waals surface area contributed by atoms with Gasteiger partial charge in [0.2, 0.25) is 5.88 Å². The molecule has 0 amide bonds. The van der Waals surface area contributed by atoms with Crippen LogP contribution in [0.2, 0.25) is 0 Å². The molecule has 0 spiro atoms. The summed E-state index contributed by atoms with van der Waals surface area (Å²) in [5.41, 5.74) is 3.39. The number of rotatable bonds is 3. The van der Waals surface area contributed by atoms with E-state index in [1.807, 2.05) is 24.3 Å². The Labute approximate surface area is 158 Å². The Morgan fingerprint density at radius 1 is 1.15 bits per heavy atom. The first-order valence-electron chi connectivity index (χ1n) is 7.75. The van der Waals surface area contributed by atoms with Crippen LogP contribution in [0.4, 0.5) is 5.69 Å². The number of fused-ring (bicyclic) bond motifs is 1. The fourth-order valence-electron chi connectivity index (χ4n) is 2.76. The number of aromatic nitrogens is 1. The molecule has 2 heterocycles. The zero-order valence-corrected chi connectivity index (χ0v) is 15.3. The van der Waals surface area contributed by atoms with Crippen molar-refractivity contribution in [2.45, 2.75) is 0 Å². The third kappa shape index (κ3) is 2.81. The third-order valence-corrected chi connectivity index (χ3v) is 5.38. The Bertz CT molecular complexity index is 1110. The van der Waals surface area contributed by atoms with Crippen LogP contribution in [0.5, 0.6) is 17.4 Å². The van der Waals surface area contributed by atoms with Crippen LogP contribution in [0.25, 0.3) is 17.3 Å². The first-order chi connectivity index (χ1) is 12.6. The normalized spacial score (nSPS) is 14.0. The number of methoxy groups -OCH3 is 1. The van der Waals surface area contributed by atoms with E-state index in [1.165, 1.54) is 11.3 Å². The van der Waals surface area contributed by atoms with Gasteiger partial charge in [0, 0.05) is 23.4 Å². The maximum atomic E-state index is 10.7. The minimum absolute atomic E-state index is 0.0635. The summed E-state index contributed by atoms with van der Waals surface area (Å²) < 4.78 is 7.32. The van der Waals surface area contributed by atoms with E-state index >= 15 is 0 Å². The second-order valence-corrected chi connectivity index (χ2v) is 7.32. The number of ether oxygens (including phenoxy) is 1. The smallest absolute Gasteiger partial charge is 0.215 e. The summed E-state index contributed by atoms with van der Waals surface area (Å²) in [6, 6.07) is 12.2.